The molecule has 0 aromatic heterocycles. The predicted octanol–water partition coefficient (Wildman–Crippen LogP) is 3.62. The number of benzene rings is 2. The molecule has 2 aromatic rings. The summed E-state index contributed by atoms with van der Waals surface area (Å²) in [5.74, 6) is -0.0439. The van der Waals surface area contributed by atoms with Crippen LogP contribution in [0.3, 0.4) is 0 Å². The fraction of sp³-hybridized carbons (Fsp3) is 0.519. The molecule has 0 saturated carbocycles. The number of piperidine rings is 1. The van der Waals surface area contributed by atoms with Gasteiger partial charge in [-0.05, 0) is 56.0 Å². The first-order valence-electron chi connectivity index (χ1n) is 12.2. The van der Waals surface area contributed by atoms with Crippen molar-refractivity contribution in [3.05, 3.63) is 66.0 Å². The van der Waals surface area contributed by atoms with Gasteiger partial charge in [0.15, 0.2) is 6.29 Å². The highest BCUT2D eigenvalue weighted by Crippen LogP contribution is 2.40. The minimum Gasteiger partial charge on any atom is -0.352 e. The maximum atomic E-state index is 13.7. The first-order chi connectivity index (χ1) is 16.4. The van der Waals surface area contributed by atoms with Crippen LogP contribution in [-0.2, 0) is 19.7 Å². The normalized spacial score (nSPS) is 23.4. The van der Waals surface area contributed by atoms with E-state index in [4.69, 9.17) is 9.47 Å². The lowest BCUT2D eigenvalue weighted by Gasteiger charge is -2.47. The van der Waals surface area contributed by atoms with E-state index in [1.54, 1.807) is 0 Å². The van der Waals surface area contributed by atoms with Crippen LogP contribution in [0.4, 0.5) is 10.1 Å². The SMILES string of the molecule is CN1CN(c2ccccc2)C2(CCN(C[C@@](C)(c3ccc(F)cc3)C3OCCCO3)CC2)C1=O. The fourth-order valence-electron chi connectivity index (χ4n) is 5.84. The molecular formula is C27H34FN3O3. The second-order valence-corrected chi connectivity index (χ2v) is 10.1. The maximum Gasteiger partial charge on any atom is 0.249 e. The van der Waals surface area contributed by atoms with Gasteiger partial charge in [0.25, 0.3) is 0 Å². The minimum absolute atomic E-state index is 0.205. The number of hydrogen-bond acceptors (Lipinski definition) is 5. The molecule has 3 heterocycles. The molecule has 0 radical (unpaired) electrons. The van der Waals surface area contributed by atoms with Crippen molar-refractivity contribution in [2.75, 3.05) is 51.5 Å². The number of rotatable bonds is 5. The van der Waals surface area contributed by atoms with Crippen molar-refractivity contribution in [2.24, 2.45) is 0 Å². The molecule has 3 aliphatic rings. The van der Waals surface area contributed by atoms with Crippen molar-refractivity contribution in [1.29, 1.82) is 0 Å². The average molecular weight is 468 g/mol. The first kappa shape index (κ1) is 23.3. The molecule has 1 atom stereocenters. The molecule has 34 heavy (non-hydrogen) atoms. The summed E-state index contributed by atoms with van der Waals surface area (Å²) in [5.41, 5.74) is 1.14. The van der Waals surface area contributed by atoms with Crippen LogP contribution in [0.15, 0.2) is 54.6 Å². The minimum atomic E-state index is -0.503. The Kier molecular flexibility index (Phi) is 6.35. The zero-order chi connectivity index (χ0) is 23.8. The molecule has 1 amide bonds. The topological polar surface area (TPSA) is 45.2 Å². The van der Waals surface area contributed by atoms with Crippen LogP contribution in [0, 0.1) is 5.82 Å². The molecule has 0 unspecified atom stereocenters. The van der Waals surface area contributed by atoms with Gasteiger partial charge in [0.2, 0.25) is 5.91 Å². The summed E-state index contributed by atoms with van der Waals surface area (Å²) in [6, 6.07) is 16.9. The molecule has 5 rings (SSSR count). The third-order valence-corrected chi connectivity index (χ3v) is 7.77. The highest BCUT2D eigenvalue weighted by atomic mass is 19.1. The van der Waals surface area contributed by atoms with Gasteiger partial charge in [0.05, 0.1) is 25.3 Å². The van der Waals surface area contributed by atoms with Gasteiger partial charge in [0, 0.05) is 32.4 Å². The zero-order valence-corrected chi connectivity index (χ0v) is 20.1. The molecule has 3 saturated heterocycles. The summed E-state index contributed by atoms with van der Waals surface area (Å²) >= 11 is 0. The van der Waals surface area contributed by atoms with Crippen LogP contribution in [-0.4, -0.2) is 74.1 Å². The standard InChI is InChI=1S/C27H34FN3O3/c1-26(25-33-17-6-18-34-25,21-9-11-22(28)12-10-21)19-30-15-13-27(14-16-30)24(32)29(2)20-31(27)23-7-4-3-5-8-23/h3-5,7-12,25H,6,13-20H2,1-2H3/t26-/m0/s1. The van der Waals surface area contributed by atoms with Crippen molar-refractivity contribution >= 4 is 11.6 Å². The van der Waals surface area contributed by atoms with Crippen molar-refractivity contribution in [1.82, 2.24) is 9.80 Å². The lowest BCUT2D eigenvalue weighted by molar-refractivity contribution is -0.215. The lowest BCUT2D eigenvalue weighted by atomic mass is 9.79. The Balaban J connectivity index is 1.36. The van der Waals surface area contributed by atoms with Gasteiger partial charge in [-0.15, -0.1) is 0 Å². The van der Waals surface area contributed by atoms with Crippen LogP contribution < -0.4 is 4.90 Å². The molecule has 1 spiro atoms. The van der Waals surface area contributed by atoms with E-state index in [1.807, 2.05) is 42.3 Å². The lowest BCUT2D eigenvalue weighted by Crippen LogP contribution is -2.59. The third kappa shape index (κ3) is 4.10. The summed E-state index contributed by atoms with van der Waals surface area (Å²) in [7, 11) is 1.89. The number of ether oxygens (including phenoxy) is 2. The number of likely N-dealkylation sites (N-methyl/N-ethyl adjacent to an activating group) is 1. The maximum absolute atomic E-state index is 13.7. The molecule has 3 aliphatic heterocycles. The Morgan fingerprint density at radius 2 is 1.68 bits per heavy atom. The van der Waals surface area contributed by atoms with Crippen LogP contribution in [0.1, 0.15) is 31.7 Å². The van der Waals surface area contributed by atoms with Gasteiger partial charge in [0.1, 0.15) is 11.4 Å². The van der Waals surface area contributed by atoms with Crippen LogP contribution in [0.25, 0.3) is 0 Å². The van der Waals surface area contributed by atoms with Gasteiger partial charge in [-0.2, -0.15) is 0 Å². The van der Waals surface area contributed by atoms with Crippen molar-refractivity contribution in [2.45, 2.75) is 43.4 Å². The summed E-state index contributed by atoms with van der Waals surface area (Å²) < 4.78 is 25.8. The number of anilines is 1. The first-order valence-corrected chi connectivity index (χ1v) is 12.2. The summed E-state index contributed by atoms with van der Waals surface area (Å²) in [4.78, 5) is 19.9. The molecular weight excluding hydrogens is 433 g/mol. The molecule has 7 heteroatoms. The van der Waals surface area contributed by atoms with E-state index >= 15 is 0 Å². The smallest absolute Gasteiger partial charge is 0.249 e. The molecule has 3 fully saturated rings. The van der Waals surface area contributed by atoms with Gasteiger partial charge in [-0.3, -0.25) is 4.79 Å². The average Bonchev–Trinajstić information content (AvgIpc) is 3.12. The Morgan fingerprint density at radius 1 is 1.03 bits per heavy atom. The largest absolute Gasteiger partial charge is 0.352 e. The molecule has 0 aliphatic carbocycles. The van der Waals surface area contributed by atoms with E-state index in [0.29, 0.717) is 19.9 Å². The third-order valence-electron chi connectivity index (χ3n) is 7.77. The molecule has 0 bridgehead atoms. The number of halogens is 1. The second-order valence-electron chi connectivity index (χ2n) is 10.1. The van der Waals surface area contributed by atoms with Crippen molar-refractivity contribution in [3.63, 3.8) is 0 Å². The number of carbonyl (C=O) groups excluding carboxylic acids is 1. The molecule has 6 nitrogen and oxygen atoms in total. The summed E-state index contributed by atoms with van der Waals surface area (Å²) in [6.07, 6.45) is 2.02. The molecule has 2 aromatic carbocycles. The van der Waals surface area contributed by atoms with Gasteiger partial charge < -0.3 is 24.2 Å². The van der Waals surface area contributed by atoms with Crippen LogP contribution in [0.2, 0.25) is 0 Å². The van der Waals surface area contributed by atoms with Crippen LogP contribution >= 0.6 is 0 Å². The number of likely N-dealkylation sites (tertiary alicyclic amines) is 1. The van der Waals surface area contributed by atoms with Crippen LogP contribution in [0.5, 0.6) is 0 Å². The molecule has 182 valence electrons. The number of carbonyl (C=O) groups is 1. The number of para-hydroxylation sites is 1. The quantitative estimate of drug-likeness (QED) is 0.672. The Morgan fingerprint density at radius 3 is 2.32 bits per heavy atom. The van der Waals surface area contributed by atoms with Gasteiger partial charge >= 0.3 is 0 Å². The summed E-state index contributed by atoms with van der Waals surface area (Å²) in [6.45, 7) is 6.40. The highest BCUT2D eigenvalue weighted by molar-refractivity contribution is 5.93. The molecule has 0 N–H and O–H groups in total. The second kappa shape index (κ2) is 9.29. The van der Waals surface area contributed by atoms with Gasteiger partial charge in [-0.25, -0.2) is 4.39 Å². The Hall–Kier alpha value is -2.48. The number of hydrogen-bond donors (Lipinski definition) is 0. The Labute approximate surface area is 201 Å². The van der Waals surface area contributed by atoms with E-state index in [1.165, 1.54) is 12.1 Å². The van der Waals surface area contributed by atoms with E-state index in [-0.39, 0.29) is 18.0 Å². The number of amides is 1. The monoisotopic (exact) mass is 467 g/mol. The van der Waals surface area contributed by atoms with E-state index in [2.05, 4.69) is 28.9 Å². The van der Waals surface area contributed by atoms with E-state index in [9.17, 15) is 9.18 Å². The van der Waals surface area contributed by atoms with E-state index in [0.717, 1.165) is 50.1 Å². The van der Waals surface area contributed by atoms with Crippen molar-refractivity contribution in [3.8, 4) is 0 Å². The van der Waals surface area contributed by atoms with E-state index < -0.39 is 11.0 Å². The van der Waals surface area contributed by atoms with Gasteiger partial charge in [-0.1, -0.05) is 30.3 Å². The van der Waals surface area contributed by atoms with Crippen molar-refractivity contribution < 1.29 is 18.7 Å². The highest BCUT2D eigenvalue weighted by Gasteiger charge is 2.53. The Bertz CT molecular complexity index is 988. The predicted molar refractivity (Wildman–Crippen MR) is 129 cm³/mol. The zero-order valence-electron chi connectivity index (χ0n) is 20.1. The summed E-state index contributed by atoms with van der Waals surface area (Å²) in [5, 5.41) is 0. The number of nitrogens with zero attached hydrogens (tertiary/aromatic N) is 3. The fourth-order valence-corrected chi connectivity index (χ4v) is 5.84.